The van der Waals surface area contributed by atoms with Gasteiger partial charge in [-0.1, -0.05) is 12.1 Å². The van der Waals surface area contributed by atoms with Crippen LogP contribution in [0.5, 0.6) is 0 Å². The van der Waals surface area contributed by atoms with Gasteiger partial charge in [0, 0.05) is 10.4 Å². The first-order chi connectivity index (χ1) is 9.69. The molecule has 1 aromatic heterocycles. The summed E-state index contributed by atoms with van der Waals surface area (Å²) in [6, 6.07) is 6.58. The molecule has 6 heteroatoms. The smallest absolute Gasteiger partial charge is 0.350 e. The lowest BCUT2D eigenvalue weighted by Gasteiger charge is -2.18. The summed E-state index contributed by atoms with van der Waals surface area (Å²) in [7, 11) is 0. The second-order valence-corrected chi connectivity index (χ2v) is 7.40. The van der Waals surface area contributed by atoms with Crippen LogP contribution in [0.1, 0.15) is 30.4 Å². The van der Waals surface area contributed by atoms with E-state index in [4.69, 9.17) is 10.5 Å². The Labute approximate surface area is 135 Å². The fourth-order valence-corrected chi connectivity index (χ4v) is 3.06. The van der Waals surface area contributed by atoms with Gasteiger partial charge < -0.3 is 10.5 Å². The molecular formula is C15H15BrFNO2S. The number of thiophene rings is 1. The summed E-state index contributed by atoms with van der Waals surface area (Å²) in [6.45, 7) is 5.34. The van der Waals surface area contributed by atoms with Gasteiger partial charge in [0.15, 0.2) is 0 Å². The Balaban J connectivity index is 2.40. The Morgan fingerprint density at radius 2 is 2.05 bits per heavy atom. The number of carbonyl (C=O) groups is 1. The number of hydrogen-bond donors (Lipinski definition) is 1. The summed E-state index contributed by atoms with van der Waals surface area (Å²) >= 11 is 4.27. The maximum absolute atomic E-state index is 14.1. The Morgan fingerprint density at radius 1 is 1.38 bits per heavy atom. The number of anilines is 1. The van der Waals surface area contributed by atoms with Gasteiger partial charge in [0.05, 0.1) is 10.2 Å². The number of nitrogens with two attached hydrogens (primary N) is 1. The molecule has 0 unspecified atom stereocenters. The minimum atomic E-state index is -0.602. The SMILES string of the molecule is CC(C)(C)OC(=O)c1sc(-c2cccc(Br)c2F)cc1N. The van der Waals surface area contributed by atoms with E-state index in [0.29, 0.717) is 25.5 Å². The highest BCUT2D eigenvalue weighted by atomic mass is 79.9. The minimum Gasteiger partial charge on any atom is -0.456 e. The quantitative estimate of drug-likeness (QED) is 0.767. The highest BCUT2D eigenvalue weighted by Gasteiger charge is 2.23. The number of nitrogen functional groups attached to an aromatic ring is 1. The highest BCUT2D eigenvalue weighted by Crippen LogP contribution is 2.37. The first-order valence-corrected chi connectivity index (χ1v) is 7.87. The topological polar surface area (TPSA) is 52.3 Å². The molecule has 0 aliphatic carbocycles. The van der Waals surface area contributed by atoms with Gasteiger partial charge in [-0.05, 0) is 48.8 Å². The van der Waals surface area contributed by atoms with E-state index in [2.05, 4.69) is 15.9 Å². The molecule has 0 aliphatic heterocycles. The zero-order valence-corrected chi connectivity index (χ0v) is 14.3. The number of hydrogen-bond acceptors (Lipinski definition) is 4. The average molecular weight is 372 g/mol. The molecule has 2 aromatic rings. The Morgan fingerprint density at radius 3 is 2.67 bits per heavy atom. The van der Waals surface area contributed by atoms with Gasteiger partial charge in [-0.3, -0.25) is 0 Å². The zero-order valence-electron chi connectivity index (χ0n) is 11.9. The Kier molecular flexibility index (Phi) is 4.39. The van der Waals surface area contributed by atoms with Crippen molar-refractivity contribution in [2.75, 3.05) is 5.73 Å². The van der Waals surface area contributed by atoms with Crippen LogP contribution in [0.3, 0.4) is 0 Å². The van der Waals surface area contributed by atoms with Crippen LogP contribution in [0.2, 0.25) is 0 Å². The molecule has 0 atom stereocenters. The van der Waals surface area contributed by atoms with Crippen molar-refractivity contribution in [2.24, 2.45) is 0 Å². The third kappa shape index (κ3) is 3.63. The molecule has 1 heterocycles. The van der Waals surface area contributed by atoms with Crippen LogP contribution in [0.15, 0.2) is 28.7 Å². The second-order valence-electron chi connectivity index (χ2n) is 5.50. The number of benzene rings is 1. The molecule has 2 N–H and O–H groups in total. The Bertz CT molecular complexity index is 691. The van der Waals surface area contributed by atoms with Crippen LogP contribution in [0.25, 0.3) is 10.4 Å². The number of ether oxygens (including phenoxy) is 1. The first-order valence-electron chi connectivity index (χ1n) is 6.26. The van der Waals surface area contributed by atoms with Gasteiger partial charge in [0.1, 0.15) is 16.3 Å². The lowest BCUT2D eigenvalue weighted by molar-refractivity contribution is 0.00764. The molecule has 2 rings (SSSR count). The molecule has 0 amide bonds. The van der Waals surface area contributed by atoms with Gasteiger partial charge in [0.25, 0.3) is 0 Å². The van der Waals surface area contributed by atoms with E-state index in [1.54, 1.807) is 45.0 Å². The van der Waals surface area contributed by atoms with Crippen LogP contribution < -0.4 is 5.73 Å². The van der Waals surface area contributed by atoms with Crippen molar-refractivity contribution in [3.63, 3.8) is 0 Å². The number of esters is 1. The van der Waals surface area contributed by atoms with E-state index in [-0.39, 0.29) is 5.82 Å². The van der Waals surface area contributed by atoms with Crippen molar-refractivity contribution >= 4 is 38.9 Å². The summed E-state index contributed by atoms with van der Waals surface area (Å²) in [6.07, 6.45) is 0. The maximum atomic E-state index is 14.1. The number of halogens is 2. The van der Waals surface area contributed by atoms with Crippen LogP contribution in [0, 0.1) is 5.82 Å². The molecule has 0 radical (unpaired) electrons. The minimum absolute atomic E-state index is 0.291. The zero-order chi connectivity index (χ0) is 15.8. The van der Waals surface area contributed by atoms with Gasteiger partial charge in [-0.15, -0.1) is 11.3 Å². The van der Waals surface area contributed by atoms with Gasteiger partial charge >= 0.3 is 5.97 Å². The van der Waals surface area contributed by atoms with Crippen LogP contribution in [-0.2, 0) is 4.74 Å². The molecular weight excluding hydrogens is 357 g/mol. The predicted molar refractivity (Wildman–Crippen MR) is 87.0 cm³/mol. The van der Waals surface area contributed by atoms with Crippen molar-refractivity contribution in [3.8, 4) is 10.4 Å². The number of carbonyl (C=O) groups excluding carboxylic acids is 1. The summed E-state index contributed by atoms with van der Waals surface area (Å²) in [4.78, 5) is 13.0. The highest BCUT2D eigenvalue weighted by molar-refractivity contribution is 9.10. The molecule has 1 aromatic carbocycles. The monoisotopic (exact) mass is 371 g/mol. The van der Waals surface area contributed by atoms with Crippen molar-refractivity contribution in [1.29, 1.82) is 0 Å². The largest absolute Gasteiger partial charge is 0.456 e. The average Bonchev–Trinajstić information content (AvgIpc) is 2.72. The third-order valence-electron chi connectivity index (χ3n) is 2.56. The predicted octanol–water partition coefficient (Wildman–Crippen LogP) is 4.85. The van der Waals surface area contributed by atoms with Crippen molar-refractivity contribution in [3.05, 3.63) is 39.4 Å². The third-order valence-corrected chi connectivity index (χ3v) is 4.34. The first kappa shape index (κ1) is 16.0. The van der Waals surface area contributed by atoms with E-state index in [1.807, 2.05) is 0 Å². The molecule has 0 saturated carbocycles. The molecule has 112 valence electrons. The van der Waals surface area contributed by atoms with E-state index in [1.165, 1.54) is 0 Å². The molecule has 3 nitrogen and oxygen atoms in total. The summed E-state index contributed by atoms with van der Waals surface area (Å²) in [5, 5.41) is 0. The van der Waals surface area contributed by atoms with Crippen molar-refractivity contribution in [1.82, 2.24) is 0 Å². The molecule has 0 bridgehead atoms. The van der Waals surface area contributed by atoms with E-state index in [0.717, 1.165) is 11.3 Å². The van der Waals surface area contributed by atoms with Gasteiger partial charge in [0.2, 0.25) is 0 Å². The van der Waals surface area contributed by atoms with E-state index >= 15 is 0 Å². The lowest BCUT2D eigenvalue weighted by atomic mass is 10.1. The second kappa shape index (κ2) is 5.77. The van der Waals surface area contributed by atoms with E-state index in [9.17, 15) is 9.18 Å². The lowest BCUT2D eigenvalue weighted by Crippen LogP contribution is -2.23. The summed E-state index contributed by atoms with van der Waals surface area (Å²) < 4.78 is 19.8. The number of rotatable bonds is 2. The van der Waals surface area contributed by atoms with Crippen LogP contribution in [0.4, 0.5) is 10.1 Å². The molecule has 0 saturated heterocycles. The molecule has 0 spiro atoms. The maximum Gasteiger partial charge on any atom is 0.350 e. The standard InChI is InChI=1S/C15H15BrFNO2S/c1-15(2,3)20-14(19)13-10(18)7-11(21-13)8-5-4-6-9(16)12(8)17/h4-7H,18H2,1-3H3. The van der Waals surface area contributed by atoms with Crippen molar-refractivity contribution in [2.45, 2.75) is 26.4 Å². The normalized spacial score (nSPS) is 11.5. The van der Waals surface area contributed by atoms with Gasteiger partial charge in [-0.2, -0.15) is 0 Å². The molecule has 0 aliphatic rings. The molecule has 21 heavy (non-hydrogen) atoms. The van der Waals surface area contributed by atoms with E-state index < -0.39 is 11.6 Å². The summed E-state index contributed by atoms with van der Waals surface area (Å²) in [5.74, 6) is -0.874. The molecule has 0 fully saturated rings. The van der Waals surface area contributed by atoms with Crippen LogP contribution >= 0.6 is 27.3 Å². The Hall–Kier alpha value is -1.40. The summed E-state index contributed by atoms with van der Waals surface area (Å²) in [5.41, 5.74) is 5.95. The fourth-order valence-electron chi connectivity index (χ4n) is 1.72. The van der Waals surface area contributed by atoms with Crippen molar-refractivity contribution < 1.29 is 13.9 Å². The fraction of sp³-hybridized carbons (Fsp3) is 0.267. The van der Waals surface area contributed by atoms with Crippen LogP contribution in [-0.4, -0.2) is 11.6 Å². The van der Waals surface area contributed by atoms with Gasteiger partial charge in [-0.25, -0.2) is 9.18 Å².